The second kappa shape index (κ2) is 5.04. The standard InChI is InChI=1S/C14H19N3/c1-10(2)13-6-4-5-11(3)14(13)16-8-12-7-15-9-17-12/h4-7,9-10,16H,8H2,1-3H3,(H,15,17). The largest absolute Gasteiger partial charge is 0.379 e. The minimum absolute atomic E-state index is 0.527. The number of H-pyrrole nitrogens is 1. The van der Waals surface area contributed by atoms with E-state index in [9.17, 15) is 0 Å². The monoisotopic (exact) mass is 229 g/mol. The predicted octanol–water partition coefficient (Wildman–Crippen LogP) is 3.45. The lowest BCUT2D eigenvalue weighted by Crippen LogP contribution is -2.05. The normalized spacial score (nSPS) is 10.8. The highest BCUT2D eigenvalue weighted by molar-refractivity contribution is 5.58. The molecule has 0 atom stereocenters. The smallest absolute Gasteiger partial charge is 0.0922 e. The first-order chi connectivity index (χ1) is 8.18. The molecule has 2 N–H and O–H groups in total. The van der Waals surface area contributed by atoms with Gasteiger partial charge in [-0.05, 0) is 24.0 Å². The number of aromatic nitrogens is 2. The van der Waals surface area contributed by atoms with Crippen molar-refractivity contribution >= 4 is 5.69 Å². The number of hydrogen-bond acceptors (Lipinski definition) is 2. The van der Waals surface area contributed by atoms with Gasteiger partial charge in [0.15, 0.2) is 0 Å². The van der Waals surface area contributed by atoms with Crippen LogP contribution in [0.5, 0.6) is 0 Å². The average molecular weight is 229 g/mol. The molecule has 0 radical (unpaired) electrons. The van der Waals surface area contributed by atoms with Gasteiger partial charge in [0.05, 0.1) is 18.6 Å². The summed E-state index contributed by atoms with van der Waals surface area (Å²) in [7, 11) is 0. The fourth-order valence-electron chi connectivity index (χ4n) is 1.98. The zero-order valence-corrected chi connectivity index (χ0v) is 10.6. The maximum Gasteiger partial charge on any atom is 0.0922 e. The molecule has 0 saturated carbocycles. The van der Waals surface area contributed by atoms with Gasteiger partial charge in [0, 0.05) is 11.9 Å². The Morgan fingerprint density at radius 1 is 1.35 bits per heavy atom. The highest BCUT2D eigenvalue weighted by atomic mass is 14.9. The number of rotatable bonds is 4. The summed E-state index contributed by atoms with van der Waals surface area (Å²) >= 11 is 0. The van der Waals surface area contributed by atoms with Gasteiger partial charge in [0.2, 0.25) is 0 Å². The molecule has 3 nitrogen and oxygen atoms in total. The zero-order chi connectivity index (χ0) is 12.3. The summed E-state index contributed by atoms with van der Waals surface area (Å²) in [6.07, 6.45) is 3.55. The highest BCUT2D eigenvalue weighted by Gasteiger charge is 2.08. The van der Waals surface area contributed by atoms with Crippen molar-refractivity contribution in [2.45, 2.75) is 33.2 Å². The van der Waals surface area contributed by atoms with Gasteiger partial charge in [0.25, 0.3) is 0 Å². The molecule has 0 fully saturated rings. The van der Waals surface area contributed by atoms with Crippen molar-refractivity contribution in [3.63, 3.8) is 0 Å². The molecule has 0 aliphatic carbocycles. The van der Waals surface area contributed by atoms with Crippen LogP contribution in [0, 0.1) is 6.92 Å². The van der Waals surface area contributed by atoms with Gasteiger partial charge in [-0.15, -0.1) is 0 Å². The average Bonchev–Trinajstić information content (AvgIpc) is 2.80. The summed E-state index contributed by atoms with van der Waals surface area (Å²) in [4.78, 5) is 7.12. The van der Waals surface area contributed by atoms with E-state index in [1.807, 2.05) is 6.20 Å². The van der Waals surface area contributed by atoms with Crippen LogP contribution in [-0.4, -0.2) is 9.97 Å². The van der Waals surface area contributed by atoms with E-state index >= 15 is 0 Å². The summed E-state index contributed by atoms with van der Waals surface area (Å²) < 4.78 is 0. The van der Waals surface area contributed by atoms with E-state index in [0.29, 0.717) is 5.92 Å². The van der Waals surface area contributed by atoms with Crippen molar-refractivity contribution in [1.29, 1.82) is 0 Å². The topological polar surface area (TPSA) is 40.7 Å². The van der Waals surface area contributed by atoms with Gasteiger partial charge >= 0.3 is 0 Å². The predicted molar refractivity (Wildman–Crippen MR) is 71.2 cm³/mol. The van der Waals surface area contributed by atoms with Gasteiger partial charge in [0.1, 0.15) is 0 Å². The van der Waals surface area contributed by atoms with Crippen LogP contribution in [0.4, 0.5) is 5.69 Å². The minimum atomic E-state index is 0.527. The number of imidazole rings is 1. The third kappa shape index (κ3) is 2.67. The minimum Gasteiger partial charge on any atom is -0.379 e. The van der Waals surface area contributed by atoms with Crippen LogP contribution in [0.2, 0.25) is 0 Å². The van der Waals surface area contributed by atoms with E-state index in [2.05, 4.69) is 54.3 Å². The molecule has 1 aromatic carbocycles. The Balaban J connectivity index is 2.19. The fourth-order valence-corrected chi connectivity index (χ4v) is 1.98. The Bertz CT molecular complexity index is 472. The molecule has 0 bridgehead atoms. The van der Waals surface area contributed by atoms with Crippen LogP contribution in [0.1, 0.15) is 36.6 Å². The van der Waals surface area contributed by atoms with Crippen LogP contribution in [-0.2, 0) is 6.54 Å². The first-order valence-electron chi connectivity index (χ1n) is 5.99. The van der Waals surface area contributed by atoms with Crippen molar-refractivity contribution in [3.05, 3.63) is 47.5 Å². The van der Waals surface area contributed by atoms with Crippen LogP contribution < -0.4 is 5.32 Å². The molecule has 2 rings (SSSR count). The Hall–Kier alpha value is -1.77. The molecule has 0 aliphatic rings. The maximum absolute atomic E-state index is 4.02. The Morgan fingerprint density at radius 3 is 2.82 bits per heavy atom. The molecule has 1 aromatic heterocycles. The summed E-state index contributed by atoms with van der Waals surface area (Å²) in [6, 6.07) is 6.44. The quantitative estimate of drug-likeness (QED) is 0.843. The van der Waals surface area contributed by atoms with Crippen molar-refractivity contribution in [3.8, 4) is 0 Å². The molecule has 3 heteroatoms. The Kier molecular flexibility index (Phi) is 3.47. The Morgan fingerprint density at radius 2 is 2.18 bits per heavy atom. The van der Waals surface area contributed by atoms with Gasteiger partial charge in [-0.3, -0.25) is 0 Å². The van der Waals surface area contributed by atoms with Gasteiger partial charge in [-0.1, -0.05) is 32.0 Å². The number of nitrogens with one attached hydrogen (secondary N) is 2. The second-order valence-electron chi connectivity index (χ2n) is 4.62. The number of aryl methyl sites for hydroxylation is 1. The lowest BCUT2D eigenvalue weighted by Gasteiger charge is -2.16. The lowest BCUT2D eigenvalue weighted by atomic mass is 9.98. The fraction of sp³-hybridized carbons (Fsp3) is 0.357. The van der Waals surface area contributed by atoms with Crippen LogP contribution in [0.15, 0.2) is 30.7 Å². The molecular weight excluding hydrogens is 210 g/mol. The SMILES string of the molecule is Cc1cccc(C(C)C)c1NCc1cnc[nH]1. The number of nitrogens with zero attached hydrogens (tertiary/aromatic N) is 1. The van der Waals surface area contributed by atoms with Crippen LogP contribution >= 0.6 is 0 Å². The number of hydrogen-bond donors (Lipinski definition) is 2. The van der Waals surface area contributed by atoms with E-state index in [1.165, 1.54) is 16.8 Å². The third-order valence-electron chi connectivity index (χ3n) is 2.94. The van der Waals surface area contributed by atoms with Crippen LogP contribution in [0.25, 0.3) is 0 Å². The zero-order valence-electron chi connectivity index (χ0n) is 10.6. The molecule has 0 saturated heterocycles. The first-order valence-corrected chi connectivity index (χ1v) is 5.99. The van der Waals surface area contributed by atoms with E-state index in [0.717, 1.165) is 12.2 Å². The second-order valence-corrected chi connectivity index (χ2v) is 4.62. The van der Waals surface area contributed by atoms with E-state index < -0.39 is 0 Å². The summed E-state index contributed by atoms with van der Waals surface area (Å²) in [5, 5.41) is 3.49. The summed E-state index contributed by atoms with van der Waals surface area (Å²) in [5.41, 5.74) is 5.00. The van der Waals surface area contributed by atoms with Crippen molar-refractivity contribution in [2.24, 2.45) is 0 Å². The van der Waals surface area contributed by atoms with E-state index in [1.54, 1.807) is 6.33 Å². The van der Waals surface area contributed by atoms with Crippen molar-refractivity contribution in [1.82, 2.24) is 9.97 Å². The van der Waals surface area contributed by atoms with E-state index in [-0.39, 0.29) is 0 Å². The molecule has 0 unspecified atom stereocenters. The first kappa shape index (κ1) is 11.7. The molecule has 90 valence electrons. The molecule has 0 amide bonds. The van der Waals surface area contributed by atoms with Gasteiger partial charge in [-0.2, -0.15) is 0 Å². The van der Waals surface area contributed by atoms with E-state index in [4.69, 9.17) is 0 Å². The molecule has 0 aliphatic heterocycles. The maximum atomic E-state index is 4.02. The molecule has 17 heavy (non-hydrogen) atoms. The third-order valence-corrected chi connectivity index (χ3v) is 2.94. The lowest BCUT2D eigenvalue weighted by molar-refractivity contribution is 0.862. The summed E-state index contributed by atoms with van der Waals surface area (Å²) in [5.74, 6) is 0.527. The number of benzene rings is 1. The van der Waals surface area contributed by atoms with Crippen LogP contribution in [0.3, 0.4) is 0 Å². The van der Waals surface area contributed by atoms with Gasteiger partial charge in [-0.25, -0.2) is 4.98 Å². The number of para-hydroxylation sites is 1. The number of anilines is 1. The van der Waals surface area contributed by atoms with Crippen molar-refractivity contribution in [2.75, 3.05) is 5.32 Å². The molecule has 2 aromatic rings. The molecular formula is C14H19N3. The summed E-state index contributed by atoms with van der Waals surface area (Å²) in [6.45, 7) is 7.36. The number of aromatic amines is 1. The van der Waals surface area contributed by atoms with Crippen molar-refractivity contribution < 1.29 is 0 Å². The molecule has 0 spiro atoms. The Labute approximate surface area is 102 Å². The molecule has 1 heterocycles. The highest BCUT2D eigenvalue weighted by Crippen LogP contribution is 2.27. The van der Waals surface area contributed by atoms with Gasteiger partial charge < -0.3 is 10.3 Å².